The summed E-state index contributed by atoms with van der Waals surface area (Å²) in [5, 5.41) is 20.4. The van der Waals surface area contributed by atoms with Gasteiger partial charge in [0, 0.05) is 10.6 Å². The van der Waals surface area contributed by atoms with Crippen molar-refractivity contribution in [3.63, 3.8) is 0 Å². The van der Waals surface area contributed by atoms with Crippen LogP contribution in [0, 0.1) is 11.8 Å². The third kappa shape index (κ3) is 5.01. The zero-order valence-electron chi connectivity index (χ0n) is 12.1. The second kappa shape index (κ2) is 7.65. The molecule has 0 aliphatic carbocycles. The van der Waals surface area contributed by atoms with Crippen molar-refractivity contribution < 1.29 is 15.1 Å². The summed E-state index contributed by atoms with van der Waals surface area (Å²) in [6.45, 7) is -0.0256. The van der Waals surface area contributed by atoms with Crippen molar-refractivity contribution in [1.29, 1.82) is 0 Å². The zero-order valence-corrected chi connectivity index (χ0v) is 12.9. The fourth-order valence-electron chi connectivity index (χ4n) is 1.82. The van der Waals surface area contributed by atoms with Gasteiger partial charge in [0.1, 0.15) is 6.10 Å². The van der Waals surface area contributed by atoms with Gasteiger partial charge >= 0.3 is 6.03 Å². The first-order valence-corrected chi connectivity index (χ1v) is 7.13. The lowest BCUT2D eigenvalue weighted by atomic mass is 10.1. The quantitative estimate of drug-likeness (QED) is 0.459. The fourth-order valence-corrected chi connectivity index (χ4v) is 1.95. The summed E-state index contributed by atoms with van der Waals surface area (Å²) in [6, 6.07) is 12.8. The number of nitrogens with two attached hydrogens (primary N) is 1. The maximum absolute atomic E-state index is 10.8. The summed E-state index contributed by atoms with van der Waals surface area (Å²) in [7, 11) is 0. The van der Waals surface area contributed by atoms with Gasteiger partial charge in [0.2, 0.25) is 0 Å². The molecular weight excluding hydrogens is 316 g/mol. The van der Waals surface area contributed by atoms with Crippen LogP contribution >= 0.6 is 11.6 Å². The maximum Gasteiger partial charge on any atom is 0.338 e. The van der Waals surface area contributed by atoms with Crippen LogP contribution in [0.25, 0.3) is 0 Å². The Morgan fingerprint density at radius 2 is 1.78 bits per heavy atom. The Kier molecular flexibility index (Phi) is 5.61. The number of hydroxylamine groups is 2. The van der Waals surface area contributed by atoms with Crippen LogP contribution in [-0.4, -0.2) is 21.4 Å². The minimum absolute atomic E-state index is 0.0256. The minimum Gasteiger partial charge on any atom is -0.376 e. The Morgan fingerprint density at radius 3 is 2.35 bits per heavy atom. The van der Waals surface area contributed by atoms with E-state index in [1.807, 2.05) is 0 Å². The number of benzene rings is 2. The molecule has 23 heavy (non-hydrogen) atoms. The van der Waals surface area contributed by atoms with E-state index >= 15 is 0 Å². The summed E-state index contributed by atoms with van der Waals surface area (Å²) in [5.41, 5.74) is 6.97. The van der Waals surface area contributed by atoms with Crippen LogP contribution in [0.2, 0.25) is 5.02 Å². The van der Waals surface area contributed by atoms with E-state index in [4.69, 9.17) is 17.3 Å². The summed E-state index contributed by atoms with van der Waals surface area (Å²) >= 11 is 5.79. The predicted molar refractivity (Wildman–Crippen MR) is 86.6 cm³/mol. The molecule has 0 heterocycles. The molecule has 0 spiro atoms. The number of hydrogen-bond acceptors (Lipinski definition) is 3. The molecule has 0 aromatic heterocycles. The van der Waals surface area contributed by atoms with E-state index in [1.165, 1.54) is 0 Å². The van der Waals surface area contributed by atoms with Gasteiger partial charge in [0.25, 0.3) is 0 Å². The fraction of sp³-hybridized carbons (Fsp3) is 0.118. The molecule has 5 nitrogen and oxygen atoms in total. The van der Waals surface area contributed by atoms with Crippen LogP contribution in [0.5, 0.6) is 0 Å². The lowest BCUT2D eigenvalue weighted by Crippen LogP contribution is -2.31. The smallest absolute Gasteiger partial charge is 0.338 e. The van der Waals surface area contributed by atoms with Gasteiger partial charge in [-0.1, -0.05) is 47.7 Å². The van der Waals surface area contributed by atoms with Gasteiger partial charge in [-0.2, -0.15) is 0 Å². The van der Waals surface area contributed by atoms with Crippen molar-refractivity contribution in [1.82, 2.24) is 5.06 Å². The molecule has 118 valence electrons. The van der Waals surface area contributed by atoms with Crippen LogP contribution < -0.4 is 5.73 Å². The van der Waals surface area contributed by atoms with Crippen molar-refractivity contribution in [3.05, 3.63) is 70.2 Å². The molecule has 6 heteroatoms. The number of aliphatic hydroxyl groups is 1. The Morgan fingerprint density at radius 1 is 1.17 bits per heavy atom. The molecule has 0 saturated carbocycles. The second-order valence-corrected chi connectivity index (χ2v) is 5.25. The van der Waals surface area contributed by atoms with Gasteiger partial charge in [-0.3, -0.25) is 5.21 Å². The van der Waals surface area contributed by atoms with Gasteiger partial charge in [-0.05, 0) is 35.4 Å². The number of hydrogen-bond donors (Lipinski definition) is 3. The molecule has 2 aromatic rings. The van der Waals surface area contributed by atoms with Crippen LogP contribution in [0.15, 0.2) is 48.5 Å². The largest absolute Gasteiger partial charge is 0.376 e. The van der Waals surface area contributed by atoms with Crippen molar-refractivity contribution >= 4 is 17.6 Å². The molecule has 1 unspecified atom stereocenters. The SMILES string of the molecule is NC(=O)N(O)Cc1ccc(C(O)C#Cc2ccc(Cl)cc2)cc1. The van der Waals surface area contributed by atoms with Crippen LogP contribution in [-0.2, 0) is 6.54 Å². The molecule has 4 N–H and O–H groups in total. The first kappa shape index (κ1) is 16.8. The van der Waals surface area contributed by atoms with Crippen molar-refractivity contribution in [2.45, 2.75) is 12.6 Å². The molecule has 2 amide bonds. The summed E-state index contributed by atoms with van der Waals surface area (Å²) in [4.78, 5) is 10.8. The van der Waals surface area contributed by atoms with E-state index in [-0.39, 0.29) is 6.54 Å². The monoisotopic (exact) mass is 330 g/mol. The topological polar surface area (TPSA) is 86.8 Å². The average Bonchev–Trinajstić information content (AvgIpc) is 2.54. The van der Waals surface area contributed by atoms with E-state index in [1.54, 1.807) is 48.5 Å². The first-order valence-electron chi connectivity index (χ1n) is 6.75. The highest BCUT2D eigenvalue weighted by molar-refractivity contribution is 6.30. The first-order chi connectivity index (χ1) is 11.0. The van der Waals surface area contributed by atoms with Crippen molar-refractivity contribution in [2.24, 2.45) is 5.73 Å². The number of nitrogens with zero attached hydrogens (tertiary/aromatic N) is 1. The number of urea groups is 1. The van der Waals surface area contributed by atoms with Crippen LogP contribution in [0.1, 0.15) is 22.8 Å². The maximum atomic E-state index is 10.8. The number of rotatable bonds is 3. The Labute approximate surface area is 138 Å². The molecule has 2 rings (SSSR count). The lowest BCUT2D eigenvalue weighted by molar-refractivity contribution is -0.0470. The Hall–Kier alpha value is -2.52. The molecule has 0 radical (unpaired) electrons. The van der Waals surface area contributed by atoms with Crippen molar-refractivity contribution in [3.8, 4) is 11.8 Å². The van der Waals surface area contributed by atoms with Gasteiger partial charge in [-0.15, -0.1) is 0 Å². The Balaban J connectivity index is 2.04. The lowest BCUT2D eigenvalue weighted by Gasteiger charge is -2.12. The molecule has 1 atom stereocenters. The highest BCUT2D eigenvalue weighted by Crippen LogP contribution is 2.15. The number of carbonyl (C=O) groups is 1. The number of carbonyl (C=O) groups excluding carboxylic acids is 1. The molecular formula is C17H15ClN2O3. The van der Waals surface area contributed by atoms with Gasteiger partial charge in [0.15, 0.2) is 0 Å². The highest BCUT2D eigenvalue weighted by Gasteiger charge is 2.08. The van der Waals surface area contributed by atoms with Gasteiger partial charge < -0.3 is 10.8 Å². The number of halogens is 1. The average molecular weight is 331 g/mol. The number of aliphatic hydroxyl groups excluding tert-OH is 1. The molecule has 2 aromatic carbocycles. The molecule has 0 aliphatic heterocycles. The van der Waals surface area contributed by atoms with E-state index in [9.17, 15) is 15.1 Å². The standard InChI is InChI=1S/C17H15ClN2O3/c18-15-8-3-12(4-9-15)5-10-16(21)14-6-1-13(2-7-14)11-20(23)17(19)22/h1-4,6-9,16,21,23H,11H2,(H2,19,22). The summed E-state index contributed by atoms with van der Waals surface area (Å²) < 4.78 is 0. The third-order valence-electron chi connectivity index (χ3n) is 3.08. The summed E-state index contributed by atoms with van der Waals surface area (Å²) in [6.07, 6.45) is -0.943. The molecule has 0 bridgehead atoms. The third-order valence-corrected chi connectivity index (χ3v) is 3.33. The minimum atomic E-state index is -0.943. The van der Waals surface area contributed by atoms with Crippen molar-refractivity contribution in [2.75, 3.05) is 0 Å². The highest BCUT2D eigenvalue weighted by atomic mass is 35.5. The Bertz CT molecular complexity index is 733. The predicted octanol–water partition coefficient (Wildman–Crippen LogP) is 2.70. The van der Waals surface area contributed by atoms with E-state index < -0.39 is 12.1 Å². The zero-order chi connectivity index (χ0) is 16.8. The number of primary amides is 1. The normalized spacial score (nSPS) is 11.3. The van der Waals surface area contributed by atoms with Gasteiger partial charge in [0.05, 0.1) is 6.54 Å². The van der Waals surface area contributed by atoms with E-state index in [2.05, 4.69) is 11.8 Å². The van der Waals surface area contributed by atoms with E-state index in [0.717, 1.165) is 5.56 Å². The summed E-state index contributed by atoms with van der Waals surface area (Å²) in [5.74, 6) is 5.61. The number of amides is 2. The van der Waals surface area contributed by atoms with E-state index in [0.29, 0.717) is 21.2 Å². The van der Waals surface area contributed by atoms with Crippen LogP contribution in [0.3, 0.4) is 0 Å². The van der Waals surface area contributed by atoms with Crippen LogP contribution in [0.4, 0.5) is 4.79 Å². The molecule has 0 fully saturated rings. The molecule has 0 saturated heterocycles. The van der Waals surface area contributed by atoms with Gasteiger partial charge in [-0.25, -0.2) is 9.86 Å². The second-order valence-electron chi connectivity index (χ2n) is 4.82. The molecule has 0 aliphatic rings.